The van der Waals surface area contributed by atoms with Crippen LogP contribution in [0.2, 0.25) is 0 Å². The van der Waals surface area contributed by atoms with Crippen LogP contribution in [0.15, 0.2) is 12.4 Å². The molecule has 1 unspecified atom stereocenters. The van der Waals surface area contributed by atoms with Gasteiger partial charge in [-0.3, -0.25) is 14.0 Å². The number of hydrogen-bond donors (Lipinski definition) is 2. The number of carbonyl (C=O) groups excluding carboxylic acids is 2. The minimum Gasteiger partial charge on any atom is -0.545 e. The fraction of sp³-hybridized carbons (Fsp3) is 0.450. The van der Waals surface area contributed by atoms with Crippen LogP contribution in [0, 0.1) is 12.8 Å². The minimum absolute atomic E-state index is 0. The Morgan fingerprint density at radius 2 is 2.06 bits per heavy atom. The Bertz CT molecular complexity index is 1180. The van der Waals surface area contributed by atoms with Crippen molar-refractivity contribution in [2.75, 3.05) is 10.6 Å². The zero-order valence-electron chi connectivity index (χ0n) is 18.2. The maximum Gasteiger partial charge on any atom is 1.00 e. The summed E-state index contributed by atoms with van der Waals surface area (Å²) >= 11 is 1.35. The molecule has 10 nitrogen and oxygen atoms in total. The number of carbonyl (C=O) groups is 2. The first-order chi connectivity index (χ1) is 14.9. The molecule has 5 rings (SSSR count). The Morgan fingerprint density at radius 3 is 2.72 bits per heavy atom. The van der Waals surface area contributed by atoms with Crippen molar-refractivity contribution >= 4 is 40.0 Å². The Labute approximate surface area is 200 Å². The molecule has 162 valence electrons. The SMILES string of the molecule is Cc1cc(Nc2nncn2C2CCc3sc(NC(=O)C4CC4)c(C(=O)[O-])c3C2)n(C)n1.[Li+]. The molecule has 3 aromatic rings. The number of anilines is 3. The molecule has 3 aromatic heterocycles. The van der Waals surface area contributed by atoms with E-state index >= 15 is 0 Å². The van der Waals surface area contributed by atoms with Gasteiger partial charge in [-0.15, -0.1) is 21.5 Å². The number of thiophene rings is 1. The molecule has 32 heavy (non-hydrogen) atoms. The van der Waals surface area contributed by atoms with Crippen LogP contribution in [0.1, 0.15) is 51.8 Å². The molecule has 2 N–H and O–H groups in total. The molecule has 1 fully saturated rings. The number of aromatic carboxylic acids is 1. The number of rotatable bonds is 6. The molecule has 0 saturated heterocycles. The number of nitrogens with zero attached hydrogens (tertiary/aromatic N) is 5. The Morgan fingerprint density at radius 1 is 1.28 bits per heavy atom. The summed E-state index contributed by atoms with van der Waals surface area (Å²) in [5.41, 5.74) is 1.74. The van der Waals surface area contributed by atoms with Crippen LogP contribution >= 0.6 is 11.3 Å². The van der Waals surface area contributed by atoms with Crippen molar-refractivity contribution < 1.29 is 33.6 Å². The van der Waals surface area contributed by atoms with Gasteiger partial charge in [-0.1, -0.05) is 0 Å². The van der Waals surface area contributed by atoms with Crippen molar-refractivity contribution in [3.8, 4) is 0 Å². The number of amides is 1. The van der Waals surface area contributed by atoms with E-state index in [0.29, 0.717) is 23.8 Å². The van der Waals surface area contributed by atoms with Gasteiger partial charge in [0.2, 0.25) is 11.9 Å². The Kier molecular flexibility index (Phi) is 6.16. The van der Waals surface area contributed by atoms with Crippen LogP contribution in [0.5, 0.6) is 0 Å². The van der Waals surface area contributed by atoms with Crippen LogP contribution in [-0.2, 0) is 24.7 Å². The number of nitrogens with one attached hydrogen (secondary N) is 2. The standard InChI is InChI=1S/C20H23N7O3S.Li/c1-10-7-15(26(2)25-10)22-20-24-21-9-27(20)12-5-6-14-13(8-12)16(19(29)30)18(31-14)23-17(28)11-3-4-11;/h7,9,11-12H,3-6,8H2,1-2H3,(H,22,24)(H,23,28)(H,29,30);/q;+1/p-1. The fourth-order valence-corrected chi connectivity index (χ4v) is 5.34. The van der Waals surface area contributed by atoms with Crippen LogP contribution in [-0.4, -0.2) is 36.4 Å². The monoisotopic (exact) mass is 447 g/mol. The second-order valence-electron chi connectivity index (χ2n) is 8.14. The van der Waals surface area contributed by atoms with E-state index in [2.05, 4.69) is 25.9 Å². The fourth-order valence-electron chi connectivity index (χ4n) is 4.11. The summed E-state index contributed by atoms with van der Waals surface area (Å²) in [7, 11) is 1.85. The normalized spacial score (nSPS) is 17.4. The molecule has 0 bridgehead atoms. The zero-order valence-corrected chi connectivity index (χ0v) is 19.0. The summed E-state index contributed by atoms with van der Waals surface area (Å²) in [4.78, 5) is 25.2. The van der Waals surface area contributed by atoms with Gasteiger partial charge >= 0.3 is 18.9 Å². The van der Waals surface area contributed by atoms with Gasteiger partial charge in [0.1, 0.15) is 17.1 Å². The summed E-state index contributed by atoms with van der Waals surface area (Å²) < 4.78 is 3.67. The summed E-state index contributed by atoms with van der Waals surface area (Å²) in [6, 6.07) is 1.90. The third kappa shape index (κ3) is 4.20. The van der Waals surface area contributed by atoms with E-state index in [4.69, 9.17) is 0 Å². The Balaban J connectivity index is 0.00000245. The molecule has 1 amide bonds. The minimum atomic E-state index is -1.25. The Hall–Kier alpha value is -2.61. The first kappa shape index (κ1) is 22.6. The first-order valence-electron chi connectivity index (χ1n) is 10.2. The molecular formula is C20H22LiN7O3S. The van der Waals surface area contributed by atoms with Crippen molar-refractivity contribution in [3.63, 3.8) is 0 Å². The zero-order chi connectivity index (χ0) is 21.7. The number of aromatic nitrogens is 5. The van der Waals surface area contributed by atoms with E-state index in [1.165, 1.54) is 11.3 Å². The van der Waals surface area contributed by atoms with E-state index in [-0.39, 0.29) is 42.3 Å². The van der Waals surface area contributed by atoms with E-state index < -0.39 is 5.97 Å². The molecule has 1 atom stereocenters. The van der Waals surface area contributed by atoms with Gasteiger partial charge in [0.15, 0.2) is 0 Å². The van der Waals surface area contributed by atoms with E-state index in [1.54, 1.807) is 11.0 Å². The summed E-state index contributed by atoms with van der Waals surface area (Å²) in [5, 5.41) is 31.0. The van der Waals surface area contributed by atoms with Crippen LogP contribution < -0.4 is 34.6 Å². The quantitative estimate of drug-likeness (QED) is 0.443. The second kappa shape index (κ2) is 8.73. The molecule has 0 spiro atoms. The molecule has 0 aromatic carbocycles. The molecule has 0 aliphatic heterocycles. The van der Waals surface area contributed by atoms with Gasteiger partial charge in [-0.25, -0.2) is 0 Å². The molecule has 3 heterocycles. The topological polar surface area (TPSA) is 130 Å². The molecule has 2 aliphatic carbocycles. The first-order valence-corrected chi connectivity index (χ1v) is 11.1. The second-order valence-corrected chi connectivity index (χ2v) is 9.24. The third-order valence-electron chi connectivity index (χ3n) is 5.83. The molecule has 0 radical (unpaired) electrons. The van der Waals surface area contributed by atoms with Gasteiger partial charge in [-0.05, 0) is 44.6 Å². The van der Waals surface area contributed by atoms with Gasteiger partial charge in [0, 0.05) is 35.5 Å². The summed E-state index contributed by atoms with van der Waals surface area (Å²) in [5.74, 6) is 0.0112. The molecule has 1 saturated carbocycles. The molecular weight excluding hydrogens is 425 g/mol. The largest absolute Gasteiger partial charge is 1.00 e. The van der Waals surface area contributed by atoms with Crippen molar-refractivity contribution in [2.45, 2.75) is 45.1 Å². The van der Waals surface area contributed by atoms with Gasteiger partial charge in [0.05, 0.1) is 11.7 Å². The molecule has 12 heteroatoms. The smallest absolute Gasteiger partial charge is 0.545 e. The predicted octanol–water partition coefficient (Wildman–Crippen LogP) is -1.43. The predicted molar refractivity (Wildman–Crippen MR) is 112 cm³/mol. The third-order valence-corrected chi connectivity index (χ3v) is 7.04. The van der Waals surface area contributed by atoms with Crippen LogP contribution in [0.25, 0.3) is 0 Å². The average molecular weight is 447 g/mol. The summed E-state index contributed by atoms with van der Waals surface area (Å²) in [6.07, 6.45) is 5.41. The van der Waals surface area contributed by atoms with Gasteiger partial charge in [-0.2, -0.15) is 5.10 Å². The number of fused-ring (bicyclic) bond motifs is 1. The number of carboxylic acids is 1. The maximum absolute atomic E-state index is 12.2. The van der Waals surface area contributed by atoms with Crippen molar-refractivity contribution in [3.05, 3.63) is 34.1 Å². The number of carboxylic acid groups (broad SMARTS) is 1. The average Bonchev–Trinajstić information content (AvgIpc) is 3.25. The maximum atomic E-state index is 12.2. The van der Waals surface area contributed by atoms with Crippen LogP contribution in [0.4, 0.5) is 16.8 Å². The van der Waals surface area contributed by atoms with Crippen molar-refractivity contribution in [1.29, 1.82) is 0 Å². The van der Waals surface area contributed by atoms with Crippen molar-refractivity contribution in [2.24, 2.45) is 13.0 Å². The van der Waals surface area contributed by atoms with Gasteiger partial charge in [0.25, 0.3) is 0 Å². The van der Waals surface area contributed by atoms with E-state index in [0.717, 1.165) is 41.2 Å². The number of hydrogen-bond acceptors (Lipinski definition) is 8. The van der Waals surface area contributed by atoms with E-state index in [9.17, 15) is 14.7 Å². The van der Waals surface area contributed by atoms with Crippen LogP contribution in [0.3, 0.4) is 0 Å². The van der Waals surface area contributed by atoms with Crippen molar-refractivity contribution in [1.82, 2.24) is 24.5 Å². The summed E-state index contributed by atoms with van der Waals surface area (Å²) in [6.45, 7) is 1.91. The van der Waals surface area contributed by atoms with Gasteiger partial charge < -0.3 is 20.5 Å². The molecule has 2 aliphatic rings. The van der Waals surface area contributed by atoms with E-state index in [1.807, 2.05) is 24.6 Å². The number of aryl methyl sites for hydroxylation is 3.